The Balaban J connectivity index is 1.56. The van der Waals surface area contributed by atoms with Crippen molar-refractivity contribution in [2.75, 3.05) is 18.1 Å². The van der Waals surface area contributed by atoms with Crippen LogP contribution in [0.15, 0.2) is 51.9 Å². The van der Waals surface area contributed by atoms with E-state index >= 15 is 0 Å². The SMILES string of the molecule is BC(B)(B)OC1=C2c3ncc(-c4c(C)noc4C(B)(B)B)cc3N([C@H](c3ccc(F)cc3)C3CCOCC3)C2C=N1. The van der Waals surface area contributed by atoms with Crippen LogP contribution in [0, 0.1) is 18.7 Å². The molecule has 0 spiro atoms. The van der Waals surface area contributed by atoms with Crippen LogP contribution in [0.3, 0.4) is 0 Å². The third kappa shape index (κ3) is 5.20. The molecule has 0 N–H and O–H groups in total. The third-order valence-corrected chi connectivity index (χ3v) is 8.02. The Hall–Kier alpha value is -3.13. The highest BCUT2D eigenvalue weighted by atomic mass is 19.1. The van der Waals surface area contributed by atoms with E-state index in [1.165, 1.54) is 0 Å². The Morgan fingerprint density at radius 3 is 2.44 bits per heavy atom. The standard InChI is InChI=1S/C27H33B6FN4O3/c1-13-20(24(41-37-13)26(28,29)30)16-10-18-22(35-11-16)21-19(12-36-25(21)40-27(31,32)33)38(18)23(15-6-8-39-9-7-15)14-2-4-17(34)5-3-14/h2-5,10-12,15,19,23H,6-9,28-33H2,1H3/t19?,23-/m1/s1. The Kier molecular flexibility index (Phi) is 7.04. The molecule has 2 aromatic heterocycles. The van der Waals surface area contributed by atoms with E-state index in [2.05, 4.69) is 39.7 Å². The molecule has 7 nitrogen and oxygen atoms in total. The zero-order chi connectivity index (χ0) is 29.1. The van der Waals surface area contributed by atoms with Crippen LogP contribution in [0.1, 0.15) is 41.6 Å². The minimum absolute atomic E-state index is 0.0381. The normalized spacial score (nSPS) is 19.9. The summed E-state index contributed by atoms with van der Waals surface area (Å²) in [7, 11) is 12.5. The van der Waals surface area contributed by atoms with Gasteiger partial charge in [-0.1, -0.05) is 22.4 Å². The van der Waals surface area contributed by atoms with Gasteiger partial charge in [-0.2, -0.15) is 0 Å². The molecular weight excluding hydrogens is 512 g/mol. The second-order valence-electron chi connectivity index (χ2n) is 13.3. The second-order valence-corrected chi connectivity index (χ2v) is 13.3. The van der Waals surface area contributed by atoms with Crippen LogP contribution in [0.25, 0.3) is 16.7 Å². The van der Waals surface area contributed by atoms with Crippen LogP contribution in [0.5, 0.6) is 0 Å². The van der Waals surface area contributed by atoms with Crippen molar-refractivity contribution in [3.05, 3.63) is 70.9 Å². The van der Waals surface area contributed by atoms with E-state index in [0.717, 1.165) is 57.9 Å². The van der Waals surface area contributed by atoms with Crippen LogP contribution < -0.4 is 4.90 Å². The first-order chi connectivity index (χ1) is 19.4. The lowest BCUT2D eigenvalue weighted by Crippen LogP contribution is -2.41. The summed E-state index contributed by atoms with van der Waals surface area (Å²) in [5.41, 5.74) is 6.66. The van der Waals surface area contributed by atoms with Gasteiger partial charge in [-0.15, -0.1) is 0 Å². The molecule has 204 valence electrons. The summed E-state index contributed by atoms with van der Waals surface area (Å²) in [5.74, 6) is 1.49. The first kappa shape index (κ1) is 28.0. The number of ether oxygens (including phenoxy) is 2. The molecule has 0 saturated carbocycles. The van der Waals surface area contributed by atoms with E-state index in [1.54, 1.807) is 12.1 Å². The molecule has 1 aromatic carbocycles. The quantitative estimate of drug-likeness (QED) is 0.349. The molecule has 0 aliphatic carbocycles. The highest BCUT2D eigenvalue weighted by Crippen LogP contribution is 2.51. The number of aryl methyl sites for hydroxylation is 1. The van der Waals surface area contributed by atoms with Gasteiger partial charge in [0.2, 0.25) is 5.88 Å². The number of rotatable bonds is 7. The number of halogens is 1. The molecule has 14 heteroatoms. The molecule has 0 amide bonds. The summed E-state index contributed by atoms with van der Waals surface area (Å²) in [6.07, 6.45) is 5.71. The maximum Gasteiger partial charge on any atom is 0.219 e. The summed E-state index contributed by atoms with van der Waals surface area (Å²) in [6.45, 7) is 3.38. The van der Waals surface area contributed by atoms with E-state index in [1.807, 2.05) is 55.0 Å². The summed E-state index contributed by atoms with van der Waals surface area (Å²) in [4.78, 5) is 12.3. The summed E-state index contributed by atoms with van der Waals surface area (Å²) >= 11 is 0. The topological polar surface area (TPSA) is 73.0 Å². The molecule has 5 heterocycles. The smallest absolute Gasteiger partial charge is 0.219 e. The van der Waals surface area contributed by atoms with Crippen molar-refractivity contribution in [1.29, 1.82) is 0 Å². The monoisotopic (exact) mass is 546 g/mol. The molecule has 0 bridgehead atoms. The van der Waals surface area contributed by atoms with Crippen LogP contribution in [0.4, 0.5) is 10.1 Å². The predicted molar refractivity (Wildman–Crippen MR) is 176 cm³/mol. The van der Waals surface area contributed by atoms with E-state index in [0.29, 0.717) is 25.0 Å². The van der Waals surface area contributed by atoms with Crippen molar-refractivity contribution < 1.29 is 18.4 Å². The van der Waals surface area contributed by atoms with Gasteiger partial charge in [0.05, 0.1) is 58.3 Å². The Morgan fingerprint density at radius 1 is 1.07 bits per heavy atom. The lowest BCUT2D eigenvalue weighted by atomic mass is 9.41. The molecule has 3 aliphatic heterocycles. The van der Waals surface area contributed by atoms with Crippen molar-refractivity contribution >= 4 is 64.6 Å². The predicted octanol–water partition coefficient (Wildman–Crippen LogP) is -1.17. The fourth-order valence-electron chi connectivity index (χ4n) is 6.27. The van der Waals surface area contributed by atoms with Crippen molar-refractivity contribution in [1.82, 2.24) is 10.1 Å². The fraction of sp³-hybridized carbons (Fsp3) is 0.370. The highest BCUT2D eigenvalue weighted by molar-refractivity contribution is 6.59. The van der Waals surface area contributed by atoms with Gasteiger partial charge in [0.1, 0.15) is 35.1 Å². The van der Waals surface area contributed by atoms with Crippen molar-refractivity contribution in [2.45, 2.75) is 42.3 Å². The van der Waals surface area contributed by atoms with E-state index in [4.69, 9.17) is 24.0 Å². The molecule has 3 aliphatic rings. The summed E-state index contributed by atoms with van der Waals surface area (Å²) in [6, 6.07) is 8.94. The zero-order valence-corrected chi connectivity index (χ0v) is 25.0. The third-order valence-electron chi connectivity index (χ3n) is 8.02. The highest BCUT2D eigenvalue weighted by Gasteiger charge is 2.46. The van der Waals surface area contributed by atoms with Gasteiger partial charge in [-0.05, 0) is 49.4 Å². The molecule has 1 saturated heterocycles. The van der Waals surface area contributed by atoms with Gasteiger partial charge in [0.25, 0.3) is 0 Å². The Morgan fingerprint density at radius 2 is 1.78 bits per heavy atom. The summed E-state index contributed by atoms with van der Waals surface area (Å²) in [5, 5.41) is 3.68. The fourth-order valence-corrected chi connectivity index (χ4v) is 6.27. The second kappa shape index (κ2) is 10.3. The van der Waals surface area contributed by atoms with Gasteiger partial charge < -0.3 is 18.9 Å². The number of pyridine rings is 1. The largest absolute Gasteiger partial charge is 0.498 e. The lowest BCUT2D eigenvalue weighted by Gasteiger charge is -2.40. The van der Waals surface area contributed by atoms with Crippen LogP contribution in [-0.4, -0.2) is 88.0 Å². The van der Waals surface area contributed by atoms with Gasteiger partial charge in [0.15, 0.2) is 0 Å². The zero-order valence-electron chi connectivity index (χ0n) is 25.0. The number of aliphatic imine (C=N–C) groups is 1. The molecule has 1 unspecified atom stereocenters. The van der Waals surface area contributed by atoms with Crippen LogP contribution in [0.2, 0.25) is 0 Å². The van der Waals surface area contributed by atoms with Crippen LogP contribution in [-0.2, 0) is 14.6 Å². The first-order valence-electron chi connectivity index (χ1n) is 14.5. The summed E-state index contributed by atoms with van der Waals surface area (Å²) < 4.78 is 32.1. The molecular formula is C27H33B6FN4O3. The van der Waals surface area contributed by atoms with Gasteiger partial charge in [-0.25, -0.2) is 9.38 Å². The molecule has 6 rings (SSSR count). The maximum absolute atomic E-state index is 14.1. The van der Waals surface area contributed by atoms with Crippen molar-refractivity contribution in [3.8, 4) is 11.1 Å². The molecule has 1 fully saturated rings. The van der Waals surface area contributed by atoms with E-state index < -0.39 is 5.30 Å². The molecule has 0 radical (unpaired) electrons. The number of anilines is 1. The van der Waals surface area contributed by atoms with Gasteiger partial charge in [0, 0.05) is 42.1 Å². The number of hydrogen-bond acceptors (Lipinski definition) is 7. The van der Waals surface area contributed by atoms with Gasteiger partial charge in [-0.3, -0.25) is 4.98 Å². The van der Waals surface area contributed by atoms with E-state index in [9.17, 15) is 4.39 Å². The average molecular weight is 545 g/mol. The van der Waals surface area contributed by atoms with Gasteiger partial charge >= 0.3 is 0 Å². The minimum atomic E-state index is -0.416. The molecule has 2 atom stereocenters. The Labute approximate surface area is 246 Å². The lowest BCUT2D eigenvalue weighted by molar-refractivity contribution is 0.0573. The minimum Gasteiger partial charge on any atom is -0.498 e. The van der Waals surface area contributed by atoms with Crippen molar-refractivity contribution in [2.24, 2.45) is 10.9 Å². The Bertz CT molecular complexity index is 1530. The average Bonchev–Trinajstić information content (AvgIpc) is 3.58. The van der Waals surface area contributed by atoms with Crippen LogP contribution >= 0.6 is 0 Å². The van der Waals surface area contributed by atoms with E-state index in [-0.39, 0.29) is 23.0 Å². The van der Waals surface area contributed by atoms with Crippen molar-refractivity contribution in [3.63, 3.8) is 0 Å². The number of aromatic nitrogens is 2. The molecule has 3 aromatic rings. The first-order valence-corrected chi connectivity index (χ1v) is 14.5. The number of benzene rings is 1. The molecule has 41 heavy (non-hydrogen) atoms. The number of nitrogens with zero attached hydrogens (tertiary/aromatic N) is 4. The number of fused-ring (bicyclic) bond motifs is 3. The maximum atomic E-state index is 14.1. The number of hydrogen-bond donors (Lipinski definition) is 0.